The van der Waals surface area contributed by atoms with Crippen LogP contribution in [0.1, 0.15) is 30.7 Å². The molecule has 3 aromatic heterocycles. The highest BCUT2D eigenvalue weighted by atomic mass is 32.1. The van der Waals surface area contributed by atoms with E-state index in [4.69, 9.17) is 4.74 Å². The van der Waals surface area contributed by atoms with E-state index in [0.29, 0.717) is 0 Å². The summed E-state index contributed by atoms with van der Waals surface area (Å²) in [4.78, 5) is 23.8. The van der Waals surface area contributed by atoms with Crippen molar-refractivity contribution in [3.05, 3.63) is 28.9 Å². The number of thiophene rings is 1. The summed E-state index contributed by atoms with van der Waals surface area (Å²) in [5.74, 6) is 1.73. The zero-order valence-corrected chi connectivity index (χ0v) is 18.7. The molecule has 3 N–H and O–H groups in total. The van der Waals surface area contributed by atoms with Crippen LogP contribution in [0.25, 0.3) is 20.4 Å². The van der Waals surface area contributed by atoms with Crippen LogP contribution in [0.15, 0.2) is 18.5 Å². The van der Waals surface area contributed by atoms with E-state index in [0.717, 1.165) is 52.3 Å². The van der Waals surface area contributed by atoms with Crippen molar-refractivity contribution in [2.24, 2.45) is 5.92 Å². The Morgan fingerprint density at radius 1 is 1.33 bits per heavy atom. The van der Waals surface area contributed by atoms with E-state index >= 15 is 0 Å². The molecule has 30 heavy (non-hydrogen) atoms. The number of ether oxygens (including phenoxy) is 1. The normalized spacial score (nSPS) is 16.2. The van der Waals surface area contributed by atoms with Gasteiger partial charge in [0.05, 0.1) is 28.4 Å². The molecule has 0 aliphatic heterocycles. The van der Waals surface area contributed by atoms with Gasteiger partial charge in [0, 0.05) is 22.9 Å². The monoisotopic (exact) mass is 441 g/mol. The molecule has 1 aromatic carbocycles. The number of hydrogen-bond acceptors (Lipinski definition) is 7. The lowest BCUT2D eigenvalue weighted by molar-refractivity contribution is -0.125. The standard InChI is InChI=1S/C21H23N5O2S2/c1-10(2)24-20(27)11-4-5-12-16(6-11)29-21-18(12)19(22-9-23-21)25-13-8-17-14(26-30-17)7-15(13)28-3/h7-11,26H,4-6H2,1-3H3,(H,24,27)(H,22,23,25)/t11-/m0/s1. The Morgan fingerprint density at radius 2 is 2.20 bits per heavy atom. The van der Waals surface area contributed by atoms with Crippen LogP contribution in [-0.2, 0) is 17.6 Å². The highest BCUT2D eigenvalue weighted by molar-refractivity contribution is 7.19. The van der Waals surface area contributed by atoms with Crippen LogP contribution in [0, 0.1) is 5.92 Å². The fourth-order valence-corrected chi connectivity index (χ4v) is 5.91. The van der Waals surface area contributed by atoms with Crippen LogP contribution >= 0.6 is 22.9 Å². The lowest BCUT2D eigenvalue weighted by Gasteiger charge is -2.23. The number of nitrogens with zero attached hydrogens (tertiary/aromatic N) is 2. The second kappa shape index (κ2) is 7.55. The van der Waals surface area contributed by atoms with E-state index in [1.807, 2.05) is 19.9 Å². The van der Waals surface area contributed by atoms with Gasteiger partial charge >= 0.3 is 0 Å². The number of carbonyl (C=O) groups is 1. The molecule has 1 amide bonds. The van der Waals surface area contributed by atoms with Crippen LogP contribution in [0.5, 0.6) is 5.75 Å². The van der Waals surface area contributed by atoms with Gasteiger partial charge in [0.1, 0.15) is 22.7 Å². The number of H-pyrrole nitrogens is 1. The molecule has 4 aromatic rings. The number of aromatic nitrogens is 3. The minimum absolute atomic E-state index is 0.0231. The van der Waals surface area contributed by atoms with Crippen molar-refractivity contribution in [1.82, 2.24) is 19.7 Å². The topological polar surface area (TPSA) is 91.9 Å². The van der Waals surface area contributed by atoms with Gasteiger partial charge < -0.3 is 19.7 Å². The number of aromatic amines is 1. The highest BCUT2D eigenvalue weighted by Crippen LogP contribution is 2.42. The number of fused-ring (bicyclic) bond motifs is 4. The fourth-order valence-electron chi connectivity index (χ4n) is 4.01. The molecule has 3 heterocycles. The zero-order chi connectivity index (χ0) is 20.8. The SMILES string of the molecule is COc1cc2[nH]sc2cc1Nc1ncnc2sc3c(c12)CC[C@H](C(=O)NC(C)C)C3. The molecule has 0 fully saturated rings. The summed E-state index contributed by atoms with van der Waals surface area (Å²) in [6.07, 6.45) is 4.06. The van der Waals surface area contributed by atoms with E-state index < -0.39 is 0 Å². The van der Waals surface area contributed by atoms with Crippen LogP contribution in [0.3, 0.4) is 0 Å². The second-order valence-electron chi connectivity index (χ2n) is 7.89. The first-order valence-corrected chi connectivity index (χ1v) is 11.6. The number of anilines is 2. The summed E-state index contributed by atoms with van der Waals surface area (Å²) < 4.78 is 9.94. The molecule has 0 saturated heterocycles. The fraction of sp³-hybridized carbons (Fsp3) is 0.381. The lowest BCUT2D eigenvalue weighted by Crippen LogP contribution is -2.37. The third-order valence-electron chi connectivity index (χ3n) is 5.47. The van der Waals surface area contributed by atoms with E-state index in [-0.39, 0.29) is 17.9 Å². The molecule has 0 saturated carbocycles. The van der Waals surface area contributed by atoms with Crippen molar-refractivity contribution in [2.45, 2.75) is 39.2 Å². The molecule has 1 aliphatic rings. The quantitative estimate of drug-likeness (QED) is 0.420. The summed E-state index contributed by atoms with van der Waals surface area (Å²) >= 11 is 3.27. The van der Waals surface area contributed by atoms with Crippen LogP contribution in [0.4, 0.5) is 11.5 Å². The van der Waals surface area contributed by atoms with Gasteiger partial charge in [0.15, 0.2) is 0 Å². The maximum Gasteiger partial charge on any atom is 0.223 e. The Morgan fingerprint density at radius 3 is 2.93 bits per heavy atom. The van der Waals surface area contributed by atoms with Crippen molar-refractivity contribution in [3.8, 4) is 5.75 Å². The summed E-state index contributed by atoms with van der Waals surface area (Å²) in [7, 11) is 1.67. The van der Waals surface area contributed by atoms with Gasteiger partial charge in [0.2, 0.25) is 5.91 Å². The number of hydrogen-bond donors (Lipinski definition) is 3. The van der Waals surface area contributed by atoms with Crippen molar-refractivity contribution in [2.75, 3.05) is 12.4 Å². The van der Waals surface area contributed by atoms with Crippen molar-refractivity contribution >= 4 is 60.7 Å². The average molecular weight is 442 g/mol. The summed E-state index contributed by atoms with van der Waals surface area (Å²) in [6, 6.07) is 4.23. The molecular formula is C21H23N5O2S2. The Labute approximate surface area is 182 Å². The first kappa shape index (κ1) is 19.3. The predicted molar refractivity (Wildman–Crippen MR) is 122 cm³/mol. The lowest BCUT2D eigenvalue weighted by atomic mass is 9.87. The number of methoxy groups -OCH3 is 1. The number of benzene rings is 1. The molecule has 156 valence electrons. The molecule has 1 aliphatic carbocycles. The number of carbonyl (C=O) groups excluding carboxylic acids is 1. The second-order valence-corrected chi connectivity index (χ2v) is 9.82. The molecular weight excluding hydrogens is 418 g/mol. The number of aryl methyl sites for hydroxylation is 1. The minimum Gasteiger partial charge on any atom is -0.494 e. The van der Waals surface area contributed by atoms with Gasteiger partial charge in [-0.1, -0.05) is 11.5 Å². The van der Waals surface area contributed by atoms with E-state index in [2.05, 4.69) is 31.0 Å². The van der Waals surface area contributed by atoms with Crippen molar-refractivity contribution < 1.29 is 9.53 Å². The summed E-state index contributed by atoms with van der Waals surface area (Å²) in [6.45, 7) is 4.00. The Bertz CT molecular complexity index is 1240. The number of nitrogens with one attached hydrogen (secondary N) is 3. The maximum atomic E-state index is 12.5. The molecule has 0 spiro atoms. The van der Waals surface area contributed by atoms with E-state index in [1.165, 1.54) is 15.1 Å². The minimum atomic E-state index is 0.0231. The van der Waals surface area contributed by atoms with E-state index in [1.54, 1.807) is 36.3 Å². The first-order valence-electron chi connectivity index (χ1n) is 10.0. The van der Waals surface area contributed by atoms with Gasteiger partial charge in [-0.25, -0.2) is 9.97 Å². The van der Waals surface area contributed by atoms with Gasteiger partial charge in [-0.15, -0.1) is 11.3 Å². The molecule has 7 nitrogen and oxygen atoms in total. The van der Waals surface area contributed by atoms with E-state index in [9.17, 15) is 4.79 Å². The first-order chi connectivity index (χ1) is 14.5. The largest absolute Gasteiger partial charge is 0.494 e. The summed E-state index contributed by atoms with van der Waals surface area (Å²) in [5.41, 5.74) is 3.23. The van der Waals surface area contributed by atoms with Crippen molar-refractivity contribution in [3.63, 3.8) is 0 Å². The third-order valence-corrected chi connectivity index (χ3v) is 7.51. The zero-order valence-electron chi connectivity index (χ0n) is 17.0. The van der Waals surface area contributed by atoms with Crippen LogP contribution in [-0.4, -0.2) is 33.4 Å². The Hall–Kier alpha value is -2.65. The van der Waals surface area contributed by atoms with Gasteiger partial charge in [0.25, 0.3) is 0 Å². The van der Waals surface area contributed by atoms with Gasteiger partial charge in [-0.3, -0.25) is 4.79 Å². The molecule has 0 bridgehead atoms. The maximum absolute atomic E-state index is 12.5. The molecule has 0 unspecified atom stereocenters. The number of amides is 1. The smallest absolute Gasteiger partial charge is 0.223 e. The van der Waals surface area contributed by atoms with Gasteiger partial charge in [-0.2, -0.15) is 0 Å². The van der Waals surface area contributed by atoms with Crippen LogP contribution < -0.4 is 15.4 Å². The average Bonchev–Trinajstić information content (AvgIpc) is 3.08. The number of rotatable bonds is 5. The van der Waals surface area contributed by atoms with Crippen molar-refractivity contribution in [1.29, 1.82) is 0 Å². The predicted octanol–water partition coefficient (Wildman–Crippen LogP) is 4.62. The van der Waals surface area contributed by atoms with Gasteiger partial charge in [-0.05, 0) is 44.7 Å². The molecule has 5 rings (SSSR count). The Kier molecular flexibility index (Phi) is 4.86. The Balaban J connectivity index is 1.49. The van der Waals surface area contributed by atoms with Crippen LogP contribution in [0.2, 0.25) is 0 Å². The molecule has 0 radical (unpaired) electrons. The third kappa shape index (κ3) is 3.31. The summed E-state index contributed by atoms with van der Waals surface area (Å²) in [5, 5.41) is 7.59. The highest BCUT2D eigenvalue weighted by Gasteiger charge is 2.29. The molecule has 9 heteroatoms. The molecule has 1 atom stereocenters.